The summed E-state index contributed by atoms with van der Waals surface area (Å²) in [6.07, 6.45) is 1.95. The molecule has 152 valence electrons. The van der Waals surface area contributed by atoms with Crippen LogP contribution in [0.3, 0.4) is 0 Å². The first kappa shape index (κ1) is 22.4. The van der Waals surface area contributed by atoms with E-state index in [2.05, 4.69) is 18.7 Å². The number of anilines is 1. The molecule has 0 spiro atoms. The summed E-state index contributed by atoms with van der Waals surface area (Å²) in [6, 6.07) is 20.4. The van der Waals surface area contributed by atoms with Crippen LogP contribution in [-0.4, -0.2) is 29.8 Å². The van der Waals surface area contributed by atoms with Crippen LogP contribution in [0.1, 0.15) is 30.4 Å². The molecule has 0 aliphatic carbocycles. The van der Waals surface area contributed by atoms with Gasteiger partial charge >= 0.3 is 0 Å². The zero-order valence-electron chi connectivity index (χ0n) is 16.8. The first-order chi connectivity index (χ1) is 14.6. The van der Waals surface area contributed by atoms with Crippen molar-refractivity contribution in [2.75, 3.05) is 18.0 Å². The molecule has 30 heavy (non-hydrogen) atoms. The molecule has 0 aromatic heterocycles. The van der Waals surface area contributed by atoms with Gasteiger partial charge < -0.3 is 9.80 Å². The third-order valence-electron chi connectivity index (χ3n) is 4.50. The lowest BCUT2D eigenvalue weighted by atomic mass is 10.1. The summed E-state index contributed by atoms with van der Waals surface area (Å²) >= 11 is 0. The molecule has 2 aromatic rings. The van der Waals surface area contributed by atoms with E-state index in [4.69, 9.17) is 10.5 Å². The highest BCUT2D eigenvalue weighted by molar-refractivity contribution is 5.95. The van der Waals surface area contributed by atoms with Crippen LogP contribution in [0.5, 0.6) is 0 Å². The Morgan fingerprint density at radius 1 is 1.00 bits per heavy atom. The Balaban J connectivity index is 2.03. The molecule has 0 N–H and O–H groups in total. The molecule has 0 atom stereocenters. The molecule has 2 aromatic carbocycles. The first-order valence-electron chi connectivity index (χ1n) is 9.69. The smallest absolute Gasteiger partial charge is 0.227 e. The lowest BCUT2D eigenvalue weighted by Crippen LogP contribution is -2.35. The fourth-order valence-corrected chi connectivity index (χ4v) is 3.04. The maximum atomic E-state index is 12.8. The maximum Gasteiger partial charge on any atom is 0.227 e. The van der Waals surface area contributed by atoms with Crippen LogP contribution in [0.4, 0.5) is 5.69 Å². The lowest BCUT2D eigenvalue weighted by Gasteiger charge is -2.24. The van der Waals surface area contributed by atoms with Crippen LogP contribution in [0.25, 0.3) is 0 Å². The Hall–Kier alpha value is -3.90. The molecule has 0 saturated heterocycles. The molecule has 0 aliphatic rings. The van der Waals surface area contributed by atoms with E-state index in [0.29, 0.717) is 24.3 Å². The number of nitriles is 2. The molecule has 0 radical (unpaired) electrons. The summed E-state index contributed by atoms with van der Waals surface area (Å²) < 4.78 is 0. The third-order valence-corrected chi connectivity index (χ3v) is 4.50. The number of carbonyl (C=O) groups is 2. The van der Waals surface area contributed by atoms with Crippen molar-refractivity contribution < 1.29 is 9.59 Å². The van der Waals surface area contributed by atoms with Crippen molar-refractivity contribution in [1.29, 1.82) is 10.5 Å². The van der Waals surface area contributed by atoms with E-state index >= 15 is 0 Å². The quantitative estimate of drug-likeness (QED) is 0.568. The zero-order chi connectivity index (χ0) is 21.8. The van der Waals surface area contributed by atoms with E-state index in [0.717, 1.165) is 5.56 Å². The van der Waals surface area contributed by atoms with Gasteiger partial charge in [0, 0.05) is 38.2 Å². The van der Waals surface area contributed by atoms with E-state index in [1.807, 2.05) is 36.4 Å². The molecule has 0 aliphatic heterocycles. The lowest BCUT2D eigenvalue weighted by molar-refractivity contribution is -0.133. The minimum absolute atomic E-state index is 0.0467. The second kappa shape index (κ2) is 11.8. The summed E-state index contributed by atoms with van der Waals surface area (Å²) in [7, 11) is 0. The summed E-state index contributed by atoms with van der Waals surface area (Å²) in [5.41, 5.74) is 2.08. The minimum Gasteiger partial charge on any atom is -0.335 e. The predicted molar refractivity (Wildman–Crippen MR) is 115 cm³/mol. The molecule has 0 saturated carbocycles. The molecular weight excluding hydrogens is 376 g/mol. The fraction of sp³-hybridized carbons (Fsp3) is 0.250. The molecule has 0 unspecified atom stereocenters. The number of rotatable bonds is 10. The predicted octanol–water partition coefficient (Wildman–Crippen LogP) is 3.80. The maximum absolute atomic E-state index is 12.8. The number of amides is 2. The molecule has 2 rings (SSSR count). The highest BCUT2D eigenvalue weighted by Crippen LogP contribution is 2.16. The SMILES string of the molecule is C=CCN(Cc1cccc(C#N)c1)C(=O)CCC(=O)N(CCC#N)c1ccccc1. The van der Waals surface area contributed by atoms with Gasteiger partial charge in [0.15, 0.2) is 0 Å². The molecule has 6 heteroatoms. The van der Waals surface area contributed by atoms with Gasteiger partial charge in [-0.25, -0.2) is 0 Å². The molecule has 6 nitrogen and oxygen atoms in total. The average molecular weight is 400 g/mol. The van der Waals surface area contributed by atoms with Crippen molar-refractivity contribution >= 4 is 17.5 Å². The van der Waals surface area contributed by atoms with Gasteiger partial charge in [-0.1, -0.05) is 36.4 Å². The Bertz CT molecular complexity index is 957. The van der Waals surface area contributed by atoms with Crippen molar-refractivity contribution in [1.82, 2.24) is 4.90 Å². The number of hydrogen-bond donors (Lipinski definition) is 0. The van der Waals surface area contributed by atoms with Gasteiger partial charge in [0.2, 0.25) is 11.8 Å². The first-order valence-corrected chi connectivity index (χ1v) is 9.69. The Morgan fingerprint density at radius 2 is 1.73 bits per heavy atom. The molecular formula is C24H24N4O2. The zero-order valence-corrected chi connectivity index (χ0v) is 16.8. The van der Waals surface area contributed by atoms with Crippen LogP contribution >= 0.6 is 0 Å². The molecule has 2 amide bonds. The number of para-hydroxylation sites is 1. The standard InChI is InChI=1S/C24H24N4O2/c1-2-15-27(19-21-9-6-8-20(17-21)18-26)23(29)12-13-24(30)28(16-7-14-25)22-10-4-3-5-11-22/h2-6,8-11,17H,1,7,12-13,15-16,19H2. The third kappa shape index (κ3) is 6.61. The van der Waals surface area contributed by atoms with Crippen LogP contribution < -0.4 is 4.90 Å². The summed E-state index contributed by atoms with van der Waals surface area (Å²) in [6.45, 7) is 4.67. The van der Waals surface area contributed by atoms with Gasteiger partial charge in [0.05, 0.1) is 24.1 Å². The monoisotopic (exact) mass is 400 g/mol. The Kier molecular flexibility index (Phi) is 8.83. The second-order valence-electron chi connectivity index (χ2n) is 6.66. The van der Waals surface area contributed by atoms with E-state index < -0.39 is 0 Å². The topological polar surface area (TPSA) is 88.2 Å². The average Bonchev–Trinajstić information content (AvgIpc) is 2.78. The van der Waals surface area contributed by atoms with E-state index in [1.54, 1.807) is 34.1 Å². The molecule has 0 fully saturated rings. The van der Waals surface area contributed by atoms with Crippen LogP contribution in [0.2, 0.25) is 0 Å². The van der Waals surface area contributed by atoms with E-state index in [1.165, 1.54) is 0 Å². The van der Waals surface area contributed by atoms with Crippen molar-refractivity contribution in [3.63, 3.8) is 0 Å². The van der Waals surface area contributed by atoms with Crippen molar-refractivity contribution in [2.24, 2.45) is 0 Å². The Labute approximate surface area is 177 Å². The van der Waals surface area contributed by atoms with E-state index in [-0.39, 0.29) is 37.6 Å². The molecule has 0 heterocycles. The van der Waals surface area contributed by atoms with Crippen LogP contribution in [0, 0.1) is 22.7 Å². The van der Waals surface area contributed by atoms with Gasteiger partial charge in [0.1, 0.15) is 0 Å². The number of hydrogen-bond acceptors (Lipinski definition) is 4. The van der Waals surface area contributed by atoms with Crippen LogP contribution in [0.15, 0.2) is 67.3 Å². The van der Waals surface area contributed by atoms with Gasteiger partial charge in [-0.15, -0.1) is 6.58 Å². The van der Waals surface area contributed by atoms with Gasteiger partial charge in [-0.05, 0) is 29.8 Å². The number of nitrogens with zero attached hydrogens (tertiary/aromatic N) is 4. The van der Waals surface area contributed by atoms with Crippen molar-refractivity contribution in [2.45, 2.75) is 25.8 Å². The number of benzene rings is 2. The summed E-state index contributed by atoms with van der Waals surface area (Å²) in [4.78, 5) is 28.7. The fourth-order valence-electron chi connectivity index (χ4n) is 3.04. The van der Waals surface area contributed by atoms with Crippen LogP contribution in [-0.2, 0) is 16.1 Å². The van der Waals surface area contributed by atoms with Crippen molar-refractivity contribution in [3.05, 3.63) is 78.4 Å². The molecule has 0 bridgehead atoms. The largest absolute Gasteiger partial charge is 0.335 e. The summed E-state index contributed by atoms with van der Waals surface area (Å²) in [5.74, 6) is -0.367. The minimum atomic E-state index is -0.199. The number of carbonyl (C=O) groups excluding carboxylic acids is 2. The Morgan fingerprint density at radius 3 is 2.40 bits per heavy atom. The summed E-state index contributed by atoms with van der Waals surface area (Å²) in [5, 5.41) is 17.9. The van der Waals surface area contributed by atoms with Gasteiger partial charge in [-0.3, -0.25) is 9.59 Å². The van der Waals surface area contributed by atoms with E-state index in [9.17, 15) is 9.59 Å². The van der Waals surface area contributed by atoms with Gasteiger partial charge in [0.25, 0.3) is 0 Å². The normalized spacial score (nSPS) is 9.80. The van der Waals surface area contributed by atoms with Gasteiger partial charge in [-0.2, -0.15) is 10.5 Å². The highest BCUT2D eigenvalue weighted by Gasteiger charge is 2.19. The van der Waals surface area contributed by atoms with Crippen molar-refractivity contribution in [3.8, 4) is 12.1 Å². The highest BCUT2D eigenvalue weighted by atomic mass is 16.2. The second-order valence-corrected chi connectivity index (χ2v) is 6.66.